The summed E-state index contributed by atoms with van der Waals surface area (Å²) < 4.78 is 0. The SMILES string of the molecule is [C]#CCCCCCCCCCCCCC. The van der Waals surface area contributed by atoms with Gasteiger partial charge < -0.3 is 0 Å². The quantitative estimate of drug-likeness (QED) is 0.319. The molecule has 0 unspecified atom stereocenters. The Labute approximate surface area is 96.8 Å². The van der Waals surface area contributed by atoms with Crippen LogP contribution >= 0.6 is 0 Å². The normalized spacial score (nSPS) is 10.1. The van der Waals surface area contributed by atoms with Crippen molar-refractivity contribution < 1.29 is 0 Å². The number of rotatable bonds is 11. The van der Waals surface area contributed by atoms with Gasteiger partial charge in [0.1, 0.15) is 0 Å². The Morgan fingerprint density at radius 2 is 1.07 bits per heavy atom. The summed E-state index contributed by atoms with van der Waals surface area (Å²) in [5.74, 6) is 2.45. The van der Waals surface area contributed by atoms with Crippen molar-refractivity contribution in [2.24, 2.45) is 0 Å². The van der Waals surface area contributed by atoms with E-state index in [-0.39, 0.29) is 0 Å². The van der Waals surface area contributed by atoms with Crippen molar-refractivity contribution in [2.75, 3.05) is 0 Å². The van der Waals surface area contributed by atoms with E-state index in [4.69, 9.17) is 6.42 Å². The van der Waals surface area contributed by atoms with Gasteiger partial charge in [-0.05, 0) is 12.8 Å². The molecule has 0 saturated heterocycles. The van der Waals surface area contributed by atoms with Gasteiger partial charge in [-0.2, -0.15) is 0 Å². The van der Waals surface area contributed by atoms with E-state index in [0.29, 0.717) is 0 Å². The van der Waals surface area contributed by atoms with Crippen LogP contribution in [0.1, 0.15) is 84.0 Å². The van der Waals surface area contributed by atoms with Crippen molar-refractivity contribution in [2.45, 2.75) is 84.0 Å². The monoisotopic (exact) mass is 207 g/mol. The maximum Gasteiger partial charge on any atom is 0.00989 e. The Morgan fingerprint density at radius 1 is 0.667 bits per heavy atom. The van der Waals surface area contributed by atoms with Gasteiger partial charge in [-0.15, -0.1) is 0 Å². The minimum Gasteiger partial charge on any atom is -0.0891 e. The summed E-state index contributed by atoms with van der Waals surface area (Å²) in [4.78, 5) is 0. The third-order valence-electron chi connectivity index (χ3n) is 2.91. The first-order chi connectivity index (χ1) is 7.41. The van der Waals surface area contributed by atoms with Gasteiger partial charge in [-0.25, -0.2) is 0 Å². The smallest absolute Gasteiger partial charge is 0.00989 e. The fraction of sp³-hybridized carbons (Fsp3) is 0.867. The Morgan fingerprint density at radius 3 is 1.47 bits per heavy atom. The van der Waals surface area contributed by atoms with E-state index < -0.39 is 0 Å². The first-order valence-corrected chi connectivity index (χ1v) is 6.81. The van der Waals surface area contributed by atoms with Crippen LogP contribution in [0.3, 0.4) is 0 Å². The molecule has 0 aromatic heterocycles. The summed E-state index contributed by atoms with van der Waals surface area (Å²) in [6.07, 6.45) is 22.8. The minimum atomic E-state index is 0.858. The first-order valence-electron chi connectivity index (χ1n) is 6.81. The predicted octanol–water partition coefficient (Wildman–Crippen LogP) is 5.28. The Balaban J connectivity index is 2.84. The van der Waals surface area contributed by atoms with Crippen LogP contribution in [0.15, 0.2) is 0 Å². The lowest BCUT2D eigenvalue weighted by Gasteiger charge is -2.01. The van der Waals surface area contributed by atoms with E-state index in [1.165, 1.54) is 70.6 Å². The second-order valence-electron chi connectivity index (χ2n) is 4.46. The van der Waals surface area contributed by atoms with Gasteiger partial charge in [-0.1, -0.05) is 77.1 Å². The molecule has 0 heterocycles. The molecule has 0 fully saturated rings. The lowest BCUT2D eigenvalue weighted by molar-refractivity contribution is 0.551. The molecule has 0 rings (SSSR count). The average molecular weight is 207 g/mol. The maximum absolute atomic E-state index is 6.78. The van der Waals surface area contributed by atoms with Crippen LogP contribution in [0.4, 0.5) is 0 Å². The second-order valence-corrected chi connectivity index (χ2v) is 4.46. The van der Waals surface area contributed by atoms with Crippen molar-refractivity contribution in [3.8, 4) is 5.92 Å². The largest absolute Gasteiger partial charge is 0.0891 e. The molecule has 0 heteroatoms. The van der Waals surface area contributed by atoms with Crippen molar-refractivity contribution in [3.05, 3.63) is 6.42 Å². The van der Waals surface area contributed by atoms with Crippen LogP contribution in [0, 0.1) is 12.3 Å². The summed E-state index contributed by atoms with van der Waals surface area (Å²) in [5, 5.41) is 0. The molecule has 1 radical (unpaired) electrons. The van der Waals surface area contributed by atoms with Crippen LogP contribution in [-0.4, -0.2) is 0 Å². The van der Waals surface area contributed by atoms with Crippen molar-refractivity contribution in [1.29, 1.82) is 0 Å². The molecule has 0 aliphatic heterocycles. The third kappa shape index (κ3) is 13.6. The molecule has 87 valence electrons. The molecular formula is C15H27. The van der Waals surface area contributed by atoms with E-state index in [9.17, 15) is 0 Å². The Bertz CT molecular complexity index is 141. The van der Waals surface area contributed by atoms with Crippen LogP contribution < -0.4 is 0 Å². The number of hydrogen-bond donors (Lipinski definition) is 0. The summed E-state index contributed by atoms with van der Waals surface area (Å²) >= 11 is 0. The summed E-state index contributed by atoms with van der Waals surface area (Å²) in [5.41, 5.74) is 0. The Hall–Kier alpha value is -0.440. The van der Waals surface area contributed by atoms with Crippen LogP contribution in [0.25, 0.3) is 0 Å². The first kappa shape index (κ1) is 14.6. The third-order valence-corrected chi connectivity index (χ3v) is 2.91. The molecular weight excluding hydrogens is 180 g/mol. The van der Waals surface area contributed by atoms with E-state index >= 15 is 0 Å². The standard InChI is InChI=1S/C15H27/c1-3-5-7-9-11-13-15-14-12-10-8-6-4-2/h3,5-15H2,1H3. The molecule has 0 spiro atoms. The highest BCUT2D eigenvalue weighted by molar-refractivity contribution is 4.74. The highest BCUT2D eigenvalue weighted by Crippen LogP contribution is 2.11. The van der Waals surface area contributed by atoms with Gasteiger partial charge in [0.15, 0.2) is 0 Å². The zero-order valence-electron chi connectivity index (χ0n) is 10.5. The molecule has 15 heavy (non-hydrogen) atoms. The topological polar surface area (TPSA) is 0 Å². The lowest BCUT2D eigenvalue weighted by atomic mass is 10.1. The maximum atomic E-state index is 6.78. The molecule has 0 bridgehead atoms. The van der Waals surface area contributed by atoms with Gasteiger partial charge in [0.25, 0.3) is 0 Å². The van der Waals surface area contributed by atoms with Crippen molar-refractivity contribution in [1.82, 2.24) is 0 Å². The Kier molecular flexibility index (Phi) is 13.2. The highest BCUT2D eigenvalue weighted by atomic mass is 14.0. The van der Waals surface area contributed by atoms with Gasteiger partial charge >= 0.3 is 0 Å². The zero-order chi connectivity index (χ0) is 11.2. The predicted molar refractivity (Wildman–Crippen MR) is 68.2 cm³/mol. The summed E-state index contributed by atoms with van der Waals surface area (Å²) in [6, 6.07) is 0. The van der Waals surface area contributed by atoms with Crippen LogP contribution in [0.2, 0.25) is 0 Å². The lowest BCUT2D eigenvalue weighted by Crippen LogP contribution is -1.81. The summed E-state index contributed by atoms with van der Waals surface area (Å²) in [7, 11) is 0. The molecule has 0 nitrogen and oxygen atoms in total. The molecule has 0 saturated carbocycles. The molecule has 0 aliphatic rings. The van der Waals surface area contributed by atoms with Gasteiger partial charge in [0.2, 0.25) is 0 Å². The van der Waals surface area contributed by atoms with E-state index in [2.05, 4.69) is 12.8 Å². The summed E-state index contributed by atoms with van der Waals surface area (Å²) in [6.45, 7) is 2.27. The van der Waals surface area contributed by atoms with Crippen molar-refractivity contribution in [3.63, 3.8) is 0 Å². The highest BCUT2D eigenvalue weighted by Gasteiger charge is 1.92. The van der Waals surface area contributed by atoms with Gasteiger partial charge in [0.05, 0.1) is 0 Å². The number of unbranched alkanes of at least 4 members (excludes halogenated alkanes) is 11. The van der Waals surface area contributed by atoms with E-state index in [0.717, 1.165) is 6.42 Å². The fourth-order valence-electron chi connectivity index (χ4n) is 1.88. The molecule has 0 atom stereocenters. The van der Waals surface area contributed by atoms with Crippen LogP contribution in [0.5, 0.6) is 0 Å². The average Bonchev–Trinajstić information content (AvgIpc) is 2.26. The zero-order valence-corrected chi connectivity index (χ0v) is 10.5. The fourth-order valence-corrected chi connectivity index (χ4v) is 1.88. The van der Waals surface area contributed by atoms with Gasteiger partial charge in [-0.3, -0.25) is 0 Å². The molecule has 0 N–H and O–H groups in total. The van der Waals surface area contributed by atoms with Gasteiger partial charge in [0, 0.05) is 6.42 Å². The molecule has 0 amide bonds. The van der Waals surface area contributed by atoms with Crippen molar-refractivity contribution >= 4 is 0 Å². The minimum absolute atomic E-state index is 0.858. The number of hydrogen-bond acceptors (Lipinski definition) is 0. The molecule has 0 aromatic carbocycles. The molecule has 0 aliphatic carbocycles. The second kappa shape index (κ2) is 13.6. The molecule has 0 aromatic rings. The van der Waals surface area contributed by atoms with E-state index in [1.54, 1.807) is 0 Å². The van der Waals surface area contributed by atoms with E-state index in [1.807, 2.05) is 0 Å². The van der Waals surface area contributed by atoms with Crippen LogP contribution in [-0.2, 0) is 0 Å².